The maximum absolute atomic E-state index is 13.2. The molecule has 0 N–H and O–H groups in total. The van der Waals surface area contributed by atoms with Gasteiger partial charge in [-0.25, -0.2) is 9.97 Å². The summed E-state index contributed by atoms with van der Waals surface area (Å²) in [5.41, 5.74) is 14.3. The lowest BCUT2D eigenvalue weighted by atomic mass is 9.85. The van der Waals surface area contributed by atoms with Crippen LogP contribution in [-0.2, 0) is 0 Å². The molecule has 9 heterocycles. The van der Waals surface area contributed by atoms with E-state index in [1.807, 2.05) is 46.9 Å². The number of hydrogen-bond donors (Lipinski definition) is 0. The first-order valence-corrected chi connectivity index (χ1v) is 34.4. The second kappa shape index (κ2) is 20.1. The van der Waals surface area contributed by atoms with E-state index in [2.05, 4.69) is 285 Å². The molecule has 0 amide bonds. The number of thiophene rings is 2. The Hall–Kier alpha value is -12.9. The summed E-state index contributed by atoms with van der Waals surface area (Å²) < 4.78 is 28.2. The van der Waals surface area contributed by atoms with Gasteiger partial charge in [0.25, 0.3) is 0 Å². The first-order chi connectivity index (χ1) is 48.6. The second-order valence-corrected chi connectivity index (χ2v) is 27.5. The van der Waals surface area contributed by atoms with Gasteiger partial charge >= 0.3 is 0 Å². The zero-order valence-electron chi connectivity index (χ0n) is 51.9. The molecule has 0 aliphatic heterocycles. The Morgan fingerprint density at radius 3 is 1.10 bits per heavy atom. The summed E-state index contributed by atoms with van der Waals surface area (Å²) in [4.78, 5) is 12.3. The van der Waals surface area contributed by atoms with Crippen LogP contribution >= 0.6 is 22.7 Å². The van der Waals surface area contributed by atoms with E-state index in [1.165, 1.54) is 29.6 Å². The lowest BCUT2D eigenvalue weighted by Gasteiger charge is -2.27. The van der Waals surface area contributed by atoms with Crippen LogP contribution in [0.5, 0.6) is 0 Å². The molecule has 0 saturated heterocycles. The molecule has 0 atom stereocenters. The number of aromatic nitrogens is 6. The minimum absolute atomic E-state index is 0.408. The minimum atomic E-state index is 0.408. The predicted molar refractivity (Wildman–Crippen MR) is 406 cm³/mol. The molecule has 9 nitrogen and oxygen atoms in total. The molecule has 0 radical (unpaired) electrons. The Labute approximate surface area is 564 Å². The normalized spacial score (nSPS) is 12.3. The monoisotopic (exact) mass is 1290 g/mol. The topological polar surface area (TPSA) is 95.6 Å². The van der Waals surface area contributed by atoms with Crippen LogP contribution in [0.25, 0.3) is 207 Å². The molecule has 98 heavy (non-hydrogen) atoms. The van der Waals surface area contributed by atoms with E-state index in [-0.39, 0.29) is 0 Å². The summed E-state index contributed by atoms with van der Waals surface area (Å²) in [6.45, 7) is 0. The van der Waals surface area contributed by atoms with E-state index >= 15 is 0 Å². The maximum Gasteiger partial charge on any atom is 0.215 e. The molecule has 454 valence electrons. The van der Waals surface area contributed by atoms with E-state index in [0.29, 0.717) is 51.4 Å². The number of nitrogens with zero attached hydrogens (tertiary/aromatic N) is 7. The van der Waals surface area contributed by atoms with Gasteiger partial charge in [-0.15, -0.1) is 22.7 Å². The highest BCUT2D eigenvalue weighted by atomic mass is 32.1. The number of rotatable bonds is 7. The Balaban J connectivity index is 1.00. The van der Waals surface area contributed by atoms with Gasteiger partial charge in [0.1, 0.15) is 34.4 Å². The lowest BCUT2D eigenvalue weighted by Crippen LogP contribution is -2.13. The molecule has 0 fully saturated rings. The van der Waals surface area contributed by atoms with Gasteiger partial charge in [-0.1, -0.05) is 206 Å². The second-order valence-electron chi connectivity index (χ2n) is 25.3. The minimum Gasteiger partial charge on any atom is -0.439 e. The van der Waals surface area contributed by atoms with Crippen molar-refractivity contribution in [3.05, 3.63) is 291 Å². The third-order valence-corrected chi connectivity index (χ3v) is 22.5. The van der Waals surface area contributed by atoms with Gasteiger partial charge in [0.15, 0.2) is 5.82 Å². The van der Waals surface area contributed by atoms with Crippen molar-refractivity contribution < 1.29 is 8.83 Å². The quantitative estimate of drug-likeness (QED) is 0.158. The van der Waals surface area contributed by atoms with E-state index in [4.69, 9.17) is 18.8 Å². The number of hydrogen-bond acceptors (Lipinski definition) is 7. The number of furan rings is 2. The fourth-order valence-electron chi connectivity index (χ4n) is 16.2. The largest absolute Gasteiger partial charge is 0.439 e. The van der Waals surface area contributed by atoms with E-state index in [0.717, 1.165) is 131 Å². The molecule has 0 saturated carbocycles. The summed E-state index contributed by atoms with van der Waals surface area (Å²) in [6, 6.07) is 104. The third-order valence-electron chi connectivity index (χ3n) is 20.2. The van der Waals surface area contributed by atoms with Crippen molar-refractivity contribution in [2.75, 3.05) is 0 Å². The first kappa shape index (κ1) is 53.5. The van der Waals surface area contributed by atoms with Gasteiger partial charge in [0.2, 0.25) is 11.4 Å². The van der Waals surface area contributed by atoms with Crippen LogP contribution in [0.3, 0.4) is 0 Å². The fraction of sp³-hybridized carbons (Fsp3) is 0. The average molecular weight is 1290 g/mol. The SMILES string of the molecule is N#Cc1c(-n2c3ccccc3c3cc4sc5ccccc5c4cc32)c(-c2ccccc2)c(-c2nc(-n3c4ccccc4c4c5ccccc5oc43)cc(-n3c4ccccc4c4c5ccccc5oc43)n2)c(-c2ccccc2)c1-n1c2ccccc2c2cc3sc4ccccc4c3cc21. The van der Waals surface area contributed by atoms with Crippen LogP contribution in [0, 0.1) is 11.3 Å². The highest BCUT2D eigenvalue weighted by Crippen LogP contribution is 2.54. The molecule has 13 aromatic carbocycles. The van der Waals surface area contributed by atoms with Crippen LogP contribution in [-0.4, -0.2) is 28.2 Å². The first-order valence-electron chi connectivity index (χ1n) is 32.8. The van der Waals surface area contributed by atoms with E-state index < -0.39 is 0 Å². The van der Waals surface area contributed by atoms with Crippen molar-refractivity contribution in [3.8, 4) is 62.7 Å². The zero-order chi connectivity index (χ0) is 64.0. The van der Waals surface area contributed by atoms with E-state index in [9.17, 15) is 5.26 Å². The van der Waals surface area contributed by atoms with Crippen molar-refractivity contribution in [2.24, 2.45) is 0 Å². The molecule has 0 aliphatic carbocycles. The maximum atomic E-state index is 13.2. The van der Waals surface area contributed by atoms with Crippen molar-refractivity contribution in [2.45, 2.75) is 0 Å². The zero-order valence-corrected chi connectivity index (χ0v) is 53.5. The summed E-state index contributed by atoms with van der Waals surface area (Å²) in [6.07, 6.45) is 0. The highest BCUT2D eigenvalue weighted by Gasteiger charge is 2.35. The smallest absolute Gasteiger partial charge is 0.215 e. The fourth-order valence-corrected chi connectivity index (χ4v) is 18.5. The molecule has 9 aromatic heterocycles. The lowest BCUT2D eigenvalue weighted by molar-refractivity contribution is 0.641. The molecule has 0 aliphatic rings. The number of benzene rings is 13. The van der Waals surface area contributed by atoms with Crippen LogP contribution in [0.2, 0.25) is 0 Å². The Morgan fingerprint density at radius 2 is 0.663 bits per heavy atom. The van der Waals surface area contributed by atoms with Gasteiger partial charge in [-0.05, 0) is 83.9 Å². The van der Waals surface area contributed by atoms with Crippen molar-refractivity contribution in [3.63, 3.8) is 0 Å². The van der Waals surface area contributed by atoms with Gasteiger partial charge < -0.3 is 18.0 Å². The van der Waals surface area contributed by atoms with Crippen molar-refractivity contribution >= 4 is 173 Å². The summed E-state index contributed by atoms with van der Waals surface area (Å²) in [5.74, 6) is 1.54. The molecule has 22 rings (SSSR count). The molecular weight excluding hydrogens is 1240 g/mol. The molecule has 11 heteroatoms. The van der Waals surface area contributed by atoms with Crippen LogP contribution in [0.1, 0.15) is 5.56 Å². The Bertz CT molecular complexity index is 6850. The van der Waals surface area contributed by atoms with Gasteiger partial charge in [0, 0.05) is 106 Å². The van der Waals surface area contributed by atoms with Crippen LogP contribution < -0.4 is 0 Å². The summed E-state index contributed by atoms with van der Waals surface area (Å²) >= 11 is 3.62. The summed E-state index contributed by atoms with van der Waals surface area (Å²) in [5, 5.41) is 28.1. The molecule has 22 aromatic rings. The number of nitriles is 1. The highest BCUT2D eigenvalue weighted by molar-refractivity contribution is 7.26. The van der Waals surface area contributed by atoms with Gasteiger partial charge in [0.05, 0.1) is 55.2 Å². The summed E-state index contributed by atoms with van der Waals surface area (Å²) in [7, 11) is 0. The van der Waals surface area contributed by atoms with Crippen molar-refractivity contribution in [1.29, 1.82) is 5.26 Å². The Kier molecular flexibility index (Phi) is 11.0. The van der Waals surface area contributed by atoms with Gasteiger partial charge in [-0.3, -0.25) is 9.13 Å². The number of fused-ring (bicyclic) bond motifs is 22. The van der Waals surface area contributed by atoms with Crippen molar-refractivity contribution in [1.82, 2.24) is 28.2 Å². The average Bonchev–Trinajstić information content (AvgIpc) is 1.000. The van der Waals surface area contributed by atoms with Gasteiger partial charge in [-0.2, -0.15) is 5.26 Å². The molecule has 0 unspecified atom stereocenters. The number of para-hydroxylation sites is 6. The molecular formula is C87H47N7O2S2. The molecule has 0 spiro atoms. The van der Waals surface area contributed by atoms with E-state index in [1.54, 1.807) is 0 Å². The Morgan fingerprint density at radius 1 is 0.296 bits per heavy atom. The van der Waals surface area contributed by atoms with Crippen LogP contribution in [0.4, 0.5) is 0 Å². The van der Waals surface area contributed by atoms with Crippen LogP contribution in [0.15, 0.2) is 294 Å². The molecule has 0 bridgehead atoms. The standard InChI is InChI=1S/C87H47N7O2S2/c88-48-63-83(91-64-35-15-7-27-51(64)59-45-74-61(43-68(59)91)53-29-13-21-41-72(53)97-74)78(49-23-3-1-4-24-49)82(79(50-25-5-2-6-26-50)84(63)92-65-36-16-8-28-52(65)60-46-75-62(44-69(60)92)54-30-14-22-42-73(54)98-75)85-89-76(93-66-37-17-9-31-55(66)80-57-33-11-19-39-70(57)95-86(80)93)47-77(90-85)94-67-38-18-10-32-56(67)81-58-34-12-20-40-71(58)96-87(81)94/h1-47H. The predicted octanol–water partition coefficient (Wildman–Crippen LogP) is 24.0. The third kappa shape index (κ3) is 7.31.